The van der Waals surface area contributed by atoms with Crippen molar-refractivity contribution >= 4 is 11.9 Å². The average molecular weight is 622 g/mol. The van der Waals surface area contributed by atoms with Crippen LogP contribution in [0.4, 0.5) is 0 Å². The molecule has 15 nitrogen and oxygen atoms in total. The molecule has 0 aromatic rings. The molecule has 250 valence electrons. The van der Waals surface area contributed by atoms with E-state index in [4.69, 9.17) is 43.4 Å². The minimum Gasteiger partial charge on any atom is -0.467 e. The lowest BCUT2D eigenvalue weighted by molar-refractivity contribution is -0.311. The van der Waals surface area contributed by atoms with Crippen LogP contribution >= 0.6 is 0 Å². The first-order chi connectivity index (χ1) is 20.7. The molecule has 1 saturated heterocycles. The smallest absolute Gasteiger partial charge is 0.337 e. The Kier molecular flexibility index (Phi) is 20.3. The van der Waals surface area contributed by atoms with Crippen molar-refractivity contribution in [3.63, 3.8) is 0 Å². The van der Waals surface area contributed by atoms with Gasteiger partial charge in [-0.1, -0.05) is 45.1 Å². The van der Waals surface area contributed by atoms with Gasteiger partial charge in [0.15, 0.2) is 18.7 Å². The summed E-state index contributed by atoms with van der Waals surface area (Å²) in [6.07, 6.45) is -4.59. The molecule has 9 atom stereocenters. The number of unbranched alkanes of at least 4 members (excludes halogenated alkanes) is 3. The number of azide groups is 1. The maximum atomic E-state index is 13.0. The third-order valence-corrected chi connectivity index (χ3v) is 6.71. The summed E-state index contributed by atoms with van der Waals surface area (Å²) in [4.78, 5) is 27.4. The zero-order valence-electron chi connectivity index (χ0n) is 26.3. The number of carbonyl (C=O) groups excluding carboxylic acids is 2. The molecule has 1 aliphatic rings. The van der Waals surface area contributed by atoms with Gasteiger partial charge in [0.2, 0.25) is 0 Å². The summed E-state index contributed by atoms with van der Waals surface area (Å²) in [7, 11) is 1.20. The molecule has 15 heteroatoms. The van der Waals surface area contributed by atoms with Gasteiger partial charge in [0.25, 0.3) is 0 Å². The zero-order chi connectivity index (χ0) is 32.2. The van der Waals surface area contributed by atoms with Gasteiger partial charge in [-0.3, -0.25) is 4.79 Å². The van der Waals surface area contributed by atoms with Crippen molar-refractivity contribution in [2.24, 2.45) is 5.11 Å². The number of aliphatic hydroxyl groups is 2. The monoisotopic (exact) mass is 621 g/mol. The molecule has 43 heavy (non-hydrogen) atoms. The molecular formula is C28H51N3O12. The van der Waals surface area contributed by atoms with Gasteiger partial charge in [-0.15, -0.1) is 0 Å². The summed E-state index contributed by atoms with van der Waals surface area (Å²) in [6, 6.07) is -1.24. The van der Waals surface area contributed by atoms with E-state index < -0.39 is 73.8 Å². The van der Waals surface area contributed by atoms with Crippen LogP contribution in [0.2, 0.25) is 0 Å². The maximum Gasteiger partial charge on any atom is 0.337 e. The second-order valence-corrected chi connectivity index (χ2v) is 10.2. The predicted octanol–water partition coefficient (Wildman–Crippen LogP) is 2.78. The van der Waals surface area contributed by atoms with Crippen LogP contribution in [0.5, 0.6) is 0 Å². The van der Waals surface area contributed by atoms with Crippen LogP contribution in [0.1, 0.15) is 73.1 Å². The first-order valence-corrected chi connectivity index (χ1v) is 15.0. The van der Waals surface area contributed by atoms with E-state index >= 15 is 0 Å². The van der Waals surface area contributed by atoms with E-state index in [0.717, 1.165) is 32.1 Å². The Bertz CT molecular complexity index is 831. The Labute approximate surface area is 254 Å². The van der Waals surface area contributed by atoms with Crippen LogP contribution in [0.15, 0.2) is 5.11 Å². The molecule has 5 unspecified atom stereocenters. The van der Waals surface area contributed by atoms with Gasteiger partial charge in [0, 0.05) is 31.7 Å². The first-order valence-electron chi connectivity index (χ1n) is 15.0. The Hall–Kier alpha value is -2.07. The minimum absolute atomic E-state index is 0.223. The molecule has 0 saturated carbocycles. The van der Waals surface area contributed by atoms with E-state index in [9.17, 15) is 19.8 Å². The fourth-order valence-electron chi connectivity index (χ4n) is 4.32. The standard InChI is InChI=1S/C28H51N3O12/c1-7-10-13-37-18(4)23(38-14-11-8-2)26(28(35)36-6)43-21(16-32)42-24-20(17-40-19(5)33)41-27(34)22(30-31-29)25(24)39-15-12-9-3/h18,20-27,32,34H,7-17H2,1-6H3/t18-,20?,21?,22-,23-,24+,25?,26?,27?/m0/s1. The summed E-state index contributed by atoms with van der Waals surface area (Å²) < 4.78 is 45.9. The topological polar surface area (TPSA) is 197 Å². The number of ether oxygens (including phenoxy) is 8. The third kappa shape index (κ3) is 13.6. The van der Waals surface area contributed by atoms with Crippen LogP contribution in [0.3, 0.4) is 0 Å². The van der Waals surface area contributed by atoms with Crippen molar-refractivity contribution in [2.75, 3.05) is 40.1 Å². The summed E-state index contributed by atoms with van der Waals surface area (Å²) in [5, 5.41) is 24.6. The van der Waals surface area contributed by atoms with Crippen molar-refractivity contribution in [3.8, 4) is 0 Å². The Balaban J connectivity index is 3.39. The van der Waals surface area contributed by atoms with E-state index in [1.165, 1.54) is 14.0 Å². The molecule has 0 radical (unpaired) electrons. The molecule has 0 aromatic carbocycles. The molecule has 1 fully saturated rings. The second-order valence-electron chi connectivity index (χ2n) is 10.2. The molecule has 1 rings (SSSR count). The van der Waals surface area contributed by atoms with Crippen molar-refractivity contribution in [2.45, 2.75) is 128 Å². The predicted molar refractivity (Wildman–Crippen MR) is 153 cm³/mol. The maximum absolute atomic E-state index is 13.0. The lowest BCUT2D eigenvalue weighted by Crippen LogP contribution is -2.61. The number of nitrogens with zero attached hydrogens (tertiary/aromatic N) is 3. The van der Waals surface area contributed by atoms with Crippen molar-refractivity contribution in [1.29, 1.82) is 0 Å². The number of carbonyl (C=O) groups is 2. The quantitative estimate of drug-likeness (QED) is 0.0423. The normalized spacial score (nSPS) is 24.8. The van der Waals surface area contributed by atoms with Crippen molar-refractivity contribution < 1.29 is 57.7 Å². The van der Waals surface area contributed by atoms with E-state index in [-0.39, 0.29) is 13.2 Å². The number of methoxy groups -OCH3 is 1. The summed E-state index contributed by atoms with van der Waals surface area (Å²) in [5.41, 5.74) is 9.15. The lowest BCUT2D eigenvalue weighted by Gasteiger charge is -2.44. The molecule has 1 heterocycles. The average Bonchev–Trinajstić information content (AvgIpc) is 2.99. The number of rotatable bonds is 23. The number of esters is 2. The Morgan fingerprint density at radius 2 is 1.65 bits per heavy atom. The third-order valence-electron chi connectivity index (χ3n) is 6.71. The zero-order valence-corrected chi connectivity index (χ0v) is 26.3. The van der Waals surface area contributed by atoms with E-state index in [1.807, 2.05) is 20.8 Å². The summed E-state index contributed by atoms with van der Waals surface area (Å²) >= 11 is 0. The lowest BCUT2D eigenvalue weighted by atomic mass is 9.97. The van der Waals surface area contributed by atoms with Crippen molar-refractivity contribution in [3.05, 3.63) is 10.4 Å². The molecule has 1 aliphatic heterocycles. The summed E-state index contributed by atoms with van der Waals surface area (Å²) in [5.74, 6) is -1.38. The van der Waals surface area contributed by atoms with Crippen LogP contribution < -0.4 is 0 Å². The largest absolute Gasteiger partial charge is 0.467 e. The molecule has 0 bridgehead atoms. The highest BCUT2D eigenvalue weighted by Gasteiger charge is 2.49. The number of hydrogen-bond donors (Lipinski definition) is 2. The SMILES string of the molecule is CCCCOC1[C@H](N=[N+]=[N-])C(O)OC(COC(C)=O)[C@H]1OC(CO)OC(C(=O)OC)[C@@H](OCCCC)[C@H](C)OCCCC. The minimum atomic E-state index is -1.60. The summed E-state index contributed by atoms with van der Waals surface area (Å²) in [6.45, 7) is 8.86. The van der Waals surface area contributed by atoms with Gasteiger partial charge >= 0.3 is 11.9 Å². The van der Waals surface area contributed by atoms with Gasteiger partial charge in [0.05, 0.1) is 25.9 Å². The van der Waals surface area contributed by atoms with Crippen LogP contribution in [-0.2, 0) is 47.5 Å². The fourth-order valence-corrected chi connectivity index (χ4v) is 4.32. The highest BCUT2D eigenvalue weighted by atomic mass is 16.7. The van der Waals surface area contributed by atoms with Crippen molar-refractivity contribution in [1.82, 2.24) is 0 Å². The highest BCUT2D eigenvalue weighted by Crippen LogP contribution is 2.30. The first kappa shape index (κ1) is 39.0. The molecule has 0 amide bonds. The molecule has 0 spiro atoms. The molecule has 0 aliphatic carbocycles. The number of hydrogen-bond acceptors (Lipinski definition) is 13. The van der Waals surface area contributed by atoms with Gasteiger partial charge in [-0.05, 0) is 31.7 Å². The second kappa shape index (κ2) is 22.4. The van der Waals surface area contributed by atoms with Crippen LogP contribution in [0, 0.1) is 0 Å². The fraction of sp³-hybridized carbons (Fsp3) is 0.929. The van der Waals surface area contributed by atoms with Gasteiger partial charge in [-0.25, -0.2) is 4.79 Å². The number of aliphatic hydroxyl groups excluding tert-OH is 2. The van der Waals surface area contributed by atoms with Crippen LogP contribution in [-0.4, -0.2) is 118 Å². The van der Waals surface area contributed by atoms with E-state index in [0.29, 0.717) is 19.6 Å². The van der Waals surface area contributed by atoms with E-state index in [1.54, 1.807) is 6.92 Å². The molecule has 0 aromatic heterocycles. The van der Waals surface area contributed by atoms with Gasteiger partial charge in [0.1, 0.15) is 31.0 Å². The molecule has 2 N–H and O–H groups in total. The van der Waals surface area contributed by atoms with Gasteiger partial charge in [-0.2, -0.15) is 0 Å². The Morgan fingerprint density at radius 3 is 2.21 bits per heavy atom. The highest BCUT2D eigenvalue weighted by molar-refractivity contribution is 5.75. The Morgan fingerprint density at radius 1 is 1.02 bits per heavy atom. The van der Waals surface area contributed by atoms with Gasteiger partial charge < -0.3 is 48.1 Å². The van der Waals surface area contributed by atoms with Crippen LogP contribution in [0.25, 0.3) is 10.4 Å². The van der Waals surface area contributed by atoms with E-state index in [2.05, 4.69) is 10.0 Å². The molecular weight excluding hydrogens is 570 g/mol.